The van der Waals surface area contributed by atoms with E-state index in [0.717, 1.165) is 40.6 Å². The molecule has 0 spiro atoms. The second-order valence-electron chi connectivity index (χ2n) is 7.33. The van der Waals surface area contributed by atoms with Gasteiger partial charge in [-0.2, -0.15) is 0 Å². The first kappa shape index (κ1) is 22.3. The van der Waals surface area contributed by atoms with Crippen molar-refractivity contribution in [2.75, 3.05) is 13.7 Å². The third-order valence-corrected chi connectivity index (χ3v) is 5.91. The van der Waals surface area contributed by atoms with Crippen LogP contribution < -0.4 is 4.74 Å². The average Bonchev–Trinajstić information content (AvgIpc) is 2.98. The molecular weight excluding hydrogens is 418 g/mol. The summed E-state index contributed by atoms with van der Waals surface area (Å²) in [4.78, 5) is 13.1. The smallest absolute Gasteiger partial charge is 0.310 e. The lowest BCUT2D eigenvalue weighted by Crippen LogP contribution is -2.14. The highest BCUT2D eigenvalue weighted by Crippen LogP contribution is 2.35. The van der Waals surface area contributed by atoms with Gasteiger partial charge in [-0.3, -0.25) is 4.79 Å². The van der Waals surface area contributed by atoms with Crippen LogP contribution in [0.5, 0.6) is 5.75 Å². The molecule has 3 aromatic rings. The molecule has 1 aromatic heterocycles. The average molecular weight is 444 g/mol. The van der Waals surface area contributed by atoms with Crippen LogP contribution in [0, 0.1) is 13.8 Å². The number of ether oxygens (including phenoxy) is 2. The summed E-state index contributed by atoms with van der Waals surface area (Å²) >= 11 is 12.3. The fraction of sp³-hybridized carbons (Fsp3) is 0.333. The van der Waals surface area contributed by atoms with Crippen LogP contribution in [0.4, 0.5) is 0 Å². The predicted molar refractivity (Wildman–Crippen MR) is 126 cm³/mol. The van der Waals surface area contributed by atoms with Gasteiger partial charge in [-0.25, -0.2) is 0 Å². The molecule has 0 bridgehead atoms. The molecular formula is C24H26ClNO3S. The second-order valence-corrected chi connectivity index (χ2v) is 8.12. The highest BCUT2D eigenvalue weighted by atomic mass is 35.5. The minimum Gasteiger partial charge on any atom is -0.495 e. The van der Waals surface area contributed by atoms with Gasteiger partial charge in [0.1, 0.15) is 10.7 Å². The number of hydrogen-bond acceptors (Lipinski definition) is 4. The van der Waals surface area contributed by atoms with Crippen molar-refractivity contribution < 1.29 is 14.3 Å². The van der Waals surface area contributed by atoms with Crippen LogP contribution in [-0.2, 0) is 16.0 Å². The van der Waals surface area contributed by atoms with Crippen LogP contribution in [0.15, 0.2) is 36.4 Å². The summed E-state index contributed by atoms with van der Waals surface area (Å²) in [5.41, 5.74) is 4.71. The molecule has 4 nitrogen and oxygen atoms in total. The Bertz CT molecular complexity index is 1090. The largest absolute Gasteiger partial charge is 0.495 e. The first-order valence-electron chi connectivity index (χ1n) is 10.0. The van der Waals surface area contributed by atoms with Gasteiger partial charge in [0.15, 0.2) is 0 Å². The summed E-state index contributed by atoms with van der Waals surface area (Å²) in [5.74, 6) is 0.309. The standard InChI is InChI=1S/C24H26ClNO3S/c1-5-6-11-29-23(27)13-18-16(3)26(24(30)17-9-7-15(2)8-10-17)21-14-20(25)22(28-4)12-19(18)21/h7-10,12,14H,5-6,11,13H2,1-4H3. The molecule has 0 aliphatic carbocycles. The minimum atomic E-state index is -0.249. The predicted octanol–water partition coefficient (Wildman–Crippen LogP) is 6.03. The summed E-state index contributed by atoms with van der Waals surface area (Å²) in [5, 5.41) is 1.38. The monoisotopic (exact) mass is 443 g/mol. The van der Waals surface area contributed by atoms with E-state index in [2.05, 4.69) is 6.92 Å². The van der Waals surface area contributed by atoms with E-state index in [4.69, 9.17) is 33.3 Å². The fourth-order valence-corrected chi connectivity index (χ4v) is 4.08. The van der Waals surface area contributed by atoms with Gasteiger partial charge in [0.25, 0.3) is 0 Å². The number of rotatable bonds is 7. The first-order chi connectivity index (χ1) is 14.4. The number of halogens is 1. The molecule has 2 aromatic carbocycles. The van der Waals surface area contributed by atoms with Gasteiger partial charge in [0.05, 0.1) is 30.7 Å². The third kappa shape index (κ3) is 4.52. The SMILES string of the molecule is CCCCOC(=O)Cc1c(C)n(C(=S)c2ccc(C)cc2)c2cc(Cl)c(OC)cc12. The summed E-state index contributed by atoms with van der Waals surface area (Å²) in [7, 11) is 1.58. The number of esters is 1. The highest BCUT2D eigenvalue weighted by molar-refractivity contribution is 7.80. The maximum Gasteiger partial charge on any atom is 0.310 e. The molecule has 0 aliphatic rings. The summed E-state index contributed by atoms with van der Waals surface area (Å²) < 4.78 is 12.8. The zero-order valence-electron chi connectivity index (χ0n) is 17.8. The molecule has 0 fully saturated rings. The number of thiocarbonyl (C=S) groups is 1. The molecule has 3 rings (SSSR count). The van der Waals surface area contributed by atoms with E-state index >= 15 is 0 Å². The van der Waals surface area contributed by atoms with E-state index < -0.39 is 0 Å². The fourth-order valence-electron chi connectivity index (χ4n) is 3.47. The van der Waals surface area contributed by atoms with E-state index in [1.807, 2.05) is 54.8 Å². The quantitative estimate of drug-likeness (QED) is 0.254. The Balaban J connectivity index is 2.11. The molecule has 0 saturated heterocycles. The van der Waals surface area contributed by atoms with Crippen LogP contribution in [0.1, 0.15) is 42.1 Å². The number of fused-ring (bicyclic) bond motifs is 1. The number of benzene rings is 2. The van der Waals surface area contributed by atoms with Gasteiger partial charge in [-0.15, -0.1) is 0 Å². The molecule has 0 atom stereocenters. The molecule has 158 valence electrons. The van der Waals surface area contributed by atoms with E-state index in [1.165, 1.54) is 5.56 Å². The Kier molecular flexibility index (Phi) is 7.16. The third-order valence-electron chi connectivity index (χ3n) is 5.19. The second kappa shape index (κ2) is 9.63. The number of aromatic nitrogens is 1. The summed E-state index contributed by atoms with van der Waals surface area (Å²) in [6, 6.07) is 11.8. The number of nitrogens with zero attached hydrogens (tertiary/aromatic N) is 1. The highest BCUT2D eigenvalue weighted by Gasteiger charge is 2.22. The van der Waals surface area contributed by atoms with Crippen molar-refractivity contribution in [2.45, 2.75) is 40.0 Å². The summed E-state index contributed by atoms with van der Waals surface area (Å²) in [6.45, 7) is 6.50. The van der Waals surface area contributed by atoms with Crippen LogP contribution in [0.25, 0.3) is 10.9 Å². The molecule has 1 heterocycles. The number of carbonyl (C=O) groups excluding carboxylic acids is 1. The molecule has 6 heteroatoms. The Morgan fingerprint density at radius 2 is 1.87 bits per heavy atom. The number of methoxy groups -OCH3 is 1. The molecule has 30 heavy (non-hydrogen) atoms. The van der Waals surface area contributed by atoms with E-state index in [1.54, 1.807) is 7.11 Å². The maximum absolute atomic E-state index is 12.5. The number of unbranched alkanes of at least 4 members (excludes halogenated alkanes) is 1. The van der Waals surface area contributed by atoms with Gasteiger partial charge in [-0.1, -0.05) is 67.0 Å². The molecule has 0 radical (unpaired) electrons. The number of aryl methyl sites for hydroxylation is 1. The van der Waals surface area contributed by atoms with Crippen molar-refractivity contribution in [2.24, 2.45) is 0 Å². The topological polar surface area (TPSA) is 40.5 Å². The molecule has 0 amide bonds. The number of hydrogen-bond donors (Lipinski definition) is 0. The van der Waals surface area contributed by atoms with E-state index in [9.17, 15) is 4.79 Å². The lowest BCUT2D eigenvalue weighted by atomic mass is 10.1. The van der Waals surface area contributed by atoms with Crippen LogP contribution in [-0.4, -0.2) is 29.2 Å². The number of carbonyl (C=O) groups is 1. The summed E-state index contributed by atoms with van der Waals surface area (Å²) in [6.07, 6.45) is 2.00. The zero-order valence-corrected chi connectivity index (χ0v) is 19.3. The van der Waals surface area contributed by atoms with Crippen LogP contribution in [0.2, 0.25) is 5.02 Å². The van der Waals surface area contributed by atoms with E-state index in [0.29, 0.717) is 22.4 Å². The van der Waals surface area contributed by atoms with Crippen molar-refractivity contribution in [3.63, 3.8) is 0 Å². The van der Waals surface area contributed by atoms with Gasteiger partial charge in [-0.05, 0) is 38.0 Å². The van der Waals surface area contributed by atoms with Gasteiger partial charge in [0.2, 0.25) is 0 Å². The normalized spacial score (nSPS) is 11.0. The van der Waals surface area contributed by atoms with Gasteiger partial charge < -0.3 is 14.0 Å². The maximum atomic E-state index is 12.5. The van der Waals surface area contributed by atoms with Crippen molar-refractivity contribution >= 4 is 45.7 Å². The van der Waals surface area contributed by atoms with Gasteiger partial charge in [0, 0.05) is 16.6 Å². The van der Waals surface area contributed by atoms with Crippen LogP contribution in [0.3, 0.4) is 0 Å². The Hall–Kier alpha value is -2.37. The van der Waals surface area contributed by atoms with Crippen molar-refractivity contribution in [3.05, 3.63) is 63.8 Å². The Morgan fingerprint density at radius 3 is 2.50 bits per heavy atom. The van der Waals surface area contributed by atoms with Crippen molar-refractivity contribution in [1.29, 1.82) is 0 Å². The Labute approximate surface area is 187 Å². The minimum absolute atomic E-state index is 0.167. The lowest BCUT2D eigenvalue weighted by molar-refractivity contribution is -0.142. The molecule has 0 N–H and O–H groups in total. The first-order valence-corrected chi connectivity index (χ1v) is 10.8. The van der Waals surface area contributed by atoms with Crippen LogP contribution >= 0.6 is 23.8 Å². The molecule has 0 aliphatic heterocycles. The lowest BCUT2D eigenvalue weighted by Gasteiger charge is -2.12. The van der Waals surface area contributed by atoms with Gasteiger partial charge >= 0.3 is 5.97 Å². The molecule has 0 saturated carbocycles. The van der Waals surface area contributed by atoms with E-state index in [-0.39, 0.29) is 12.4 Å². The zero-order chi connectivity index (χ0) is 21.8. The van der Waals surface area contributed by atoms with Crippen molar-refractivity contribution in [3.8, 4) is 5.75 Å². The molecule has 0 unspecified atom stereocenters. The van der Waals surface area contributed by atoms with Crippen molar-refractivity contribution in [1.82, 2.24) is 4.57 Å². The Morgan fingerprint density at radius 1 is 1.17 bits per heavy atom.